The highest BCUT2D eigenvalue weighted by molar-refractivity contribution is 9.10. The Morgan fingerprint density at radius 3 is 2.57 bits per heavy atom. The minimum atomic E-state index is -0.496. The molecule has 0 aliphatic carbocycles. The predicted molar refractivity (Wildman–Crippen MR) is 122 cm³/mol. The monoisotopic (exact) mass is 488 g/mol. The number of anilines is 1. The fraction of sp³-hybridized carbons (Fsp3) is 0.227. The van der Waals surface area contributed by atoms with Crippen LogP contribution in [0.25, 0.3) is 6.08 Å². The van der Waals surface area contributed by atoms with Gasteiger partial charge in [0.15, 0.2) is 0 Å². The summed E-state index contributed by atoms with van der Waals surface area (Å²) in [6, 6.07) is 12.9. The molecule has 3 amide bonds. The van der Waals surface area contributed by atoms with Crippen molar-refractivity contribution in [2.45, 2.75) is 20.3 Å². The smallest absolute Gasteiger partial charge is 0.294 e. The maximum absolute atomic E-state index is 12.7. The SMILES string of the molecule is CCOc1ccc(Br)cc1/C=C1/SC(=O)N(CC(=O)Nc2ccc(CC)cc2)C1=O. The van der Waals surface area contributed by atoms with Gasteiger partial charge in [-0.05, 0) is 67.1 Å². The Kier molecular flexibility index (Phi) is 7.33. The van der Waals surface area contributed by atoms with E-state index in [2.05, 4.69) is 21.2 Å². The number of rotatable bonds is 7. The number of ether oxygens (including phenoxy) is 1. The summed E-state index contributed by atoms with van der Waals surface area (Å²) < 4.78 is 6.41. The third-order valence-electron chi connectivity index (χ3n) is 4.38. The fourth-order valence-corrected chi connectivity index (χ4v) is 4.07. The summed E-state index contributed by atoms with van der Waals surface area (Å²) in [5.74, 6) is -0.315. The highest BCUT2D eigenvalue weighted by atomic mass is 79.9. The highest BCUT2D eigenvalue weighted by Gasteiger charge is 2.36. The first-order valence-electron chi connectivity index (χ1n) is 9.47. The first kappa shape index (κ1) is 22.1. The van der Waals surface area contributed by atoms with Crippen LogP contribution in [0, 0.1) is 0 Å². The van der Waals surface area contributed by atoms with E-state index >= 15 is 0 Å². The Bertz CT molecular complexity index is 1000. The van der Waals surface area contributed by atoms with Gasteiger partial charge >= 0.3 is 0 Å². The molecular weight excluding hydrogens is 468 g/mol. The Balaban J connectivity index is 1.72. The normalized spacial score (nSPS) is 15.0. The van der Waals surface area contributed by atoms with Gasteiger partial charge in [-0.2, -0.15) is 0 Å². The minimum absolute atomic E-state index is 0.249. The fourth-order valence-electron chi connectivity index (χ4n) is 2.86. The first-order chi connectivity index (χ1) is 14.4. The lowest BCUT2D eigenvalue weighted by Crippen LogP contribution is -2.36. The van der Waals surface area contributed by atoms with Crippen LogP contribution in [0.4, 0.5) is 10.5 Å². The number of hydrogen-bond donors (Lipinski definition) is 1. The van der Waals surface area contributed by atoms with E-state index in [1.165, 1.54) is 0 Å². The Hall–Kier alpha value is -2.58. The van der Waals surface area contributed by atoms with E-state index in [1.54, 1.807) is 24.3 Å². The molecule has 2 aromatic carbocycles. The summed E-state index contributed by atoms with van der Waals surface area (Å²) >= 11 is 4.21. The van der Waals surface area contributed by atoms with Gasteiger partial charge in [0.1, 0.15) is 12.3 Å². The topological polar surface area (TPSA) is 75.7 Å². The summed E-state index contributed by atoms with van der Waals surface area (Å²) in [5.41, 5.74) is 2.45. The van der Waals surface area contributed by atoms with Crippen LogP contribution in [0.5, 0.6) is 5.75 Å². The number of imide groups is 1. The summed E-state index contributed by atoms with van der Waals surface area (Å²) in [4.78, 5) is 38.6. The van der Waals surface area contributed by atoms with Crippen molar-refractivity contribution in [1.29, 1.82) is 0 Å². The summed E-state index contributed by atoms with van der Waals surface area (Å²) in [6.45, 7) is 4.05. The standard InChI is InChI=1S/C22H21BrN2O4S/c1-3-14-5-8-17(9-6-14)24-20(26)13-25-21(27)19(30-22(25)28)12-15-11-16(23)7-10-18(15)29-4-2/h5-12H,3-4,13H2,1-2H3,(H,24,26)/b19-12+. The minimum Gasteiger partial charge on any atom is -0.493 e. The molecule has 0 atom stereocenters. The van der Waals surface area contributed by atoms with E-state index in [9.17, 15) is 14.4 Å². The molecule has 1 fully saturated rings. The zero-order chi connectivity index (χ0) is 21.7. The third-order valence-corrected chi connectivity index (χ3v) is 5.78. The van der Waals surface area contributed by atoms with Crippen LogP contribution in [-0.2, 0) is 16.0 Å². The lowest BCUT2D eigenvalue weighted by molar-refractivity contribution is -0.127. The van der Waals surface area contributed by atoms with Crippen molar-refractivity contribution >= 4 is 56.5 Å². The molecule has 1 aliphatic heterocycles. The number of halogens is 1. The Labute approximate surface area is 187 Å². The second kappa shape index (κ2) is 9.95. The number of thioether (sulfide) groups is 1. The summed E-state index contributed by atoms with van der Waals surface area (Å²) in [6.07, 6.45) is 2.52. The van der Waals surface area contributed by atoms with E-state index in [-0.39, 0.29) is 11.4 Å². The average molecular weight is 489 g/mol. The molecule has 3 rings (SSSR count). The molecule has 0 saturated carbocycles. The van der Waals surface area contributed by atoms with Crippen LogP contribution in [0.1, 0.15) is 25.0 Å². The molecule has 1 heterocycles. The van der Waals surface area contributed by atoms with Crippen LogP contribution in [0.2, 0.25) is 0 Å². The molecule has 0 aromatic heterocycles. The number of hydrogen-bond acceptors (Lipinski definition) is 5. The van der Waals surface area contributed by atoms with Crippen molar-refractivity contribution in [3.63, 3.8) is 0 Å². The molecule has 2 aromatic rings. The van der Waals surface area contributed by atoms with Crippen molar-refractivity contribution in [2.24, 2.45) is 0 Å². The van der Waals surface area contributed by atoms with Crippen LogP contribution in [0.15, 0.2) is 51.8 Å². The second-order valence-corrected chi connectivity index (χ2v) is 8.39. The second-order valence-electron chi connectivity index (χ2n) is 6.48. The maximum atomic E-state index is 12.7. The van der Waals surface area contributed by atoms with Gasteiger partial charge in [-0.15, -0.1) is 0 Å². The number of nitrogens with zero attached hydrogens (tertiary/aromatic N) is 1. The largest absolute Gasteiger partial charge is 0.493 e. The zero-order valence-electron chi connectivity index (χ0n) is 16.6. The molecule has 6 nitrogen and oxygen atoms in total. The van der Waals surface area contributed by atoms with Gasteiger partial charge in [0.05, 0.1) is 11.5 Å². The molecule has 0 unspecified atom stereocenters. The van der Waals surface area contributed by atoms with Crippen molar-refractivity contribution in [2.75, 3.05) is 18.5 Å². The lowest BCUT2D eigenvalue weighted by atomic mass is 10.1. The molecule has 1 aliphatic rings. The molecule has 0 bridgehead atoms. The van der Waals surface area contributed by atoms with E-state index in [0.29, 0.717) is 23.6 Å². The molecule has 30 heavy (non-hydrogen) atoms. The van der Waals surface area contributed by atoms with Crippen molar-refractivity contribution in [3.05, 3.63) is 63.0 Å². The van der Waals surface area contributed by atoms with Gasteiger partial charge in [-0.1, -0.05) is 35.0 Å². The molecule has 0 radical (unpaired) electrons. The zero-order valence-corrected chi connectivity index (χ0v) is 19.0. The van der Waals surface area contributed by atoms with Crippen LogP contribution in [0.3, 0.4) is 0 Å². The van der Waals surface area contributed by atoms with Gasteiger partial charge in [-0.25, -0.2) is 0 Å². The van der Waals surface area contributed by atoms with Crippen molar-refractivity contribution in [3.8, 4) is 5.75 Å². The van der Waals surface area contributed by atoms with E-state index in [1.807, 2.05) is 38.1 Å². The number of nitrogens with one attached hydrogen (secondary N) is 1. The predicted octanol–water partition coefficient (Wildman–Crippen LogP) is 5.09. The molecule has 1 N–H and O–H groups in total. The Morgan fingerprint density at radius 1 is 1.17 bits per heavy atom. The van der Waals surface area contributed by atoms with E-state index in [4.69, 9.17) is 4.74 Å². The lowest BCUT2D eigenvalue weighted by Gasteiger charge is -2.12. The molecule has 1 saturated heterocycles. The summed E-state index contributed by atoms with van der Waals surface area (Å²) in [7, 11) is 0. The number of amides is 3. The molecule has 8 heteroatoms. The third kappa shape index (κ3) is 5.31. The van der Waals surface area contributed by atoms with Crippen LogP contribution < -0.4 is 10.1 Å². The summed E-state index contributed by atoms with van der Waals surface area (Å²) in [5, 5.41) is 2.24. The van der Waals surface area contributed by atoms with Crippen molar-refractivity contribution < 1.29 is 19.1 Å². The van der Waals surface area contributed by atoms with Gasteiger partial charge in [0.25, 0.3) is 11.1 Å². The van der Waals surface area contributed by atoms with E-state index in [0.717, 1.165) is 33.1 Å². The highest BCUT2D eigenvalue weighted by Crippen LogP contribution is 2.34. The van der Waals surface area contributed by atoms with Gasteiger partial charge in [0.2, 0.25) is 5.91 Å². The molecular formula is C22H21BrN2O4S. The van der Waals surface area contributed by atoms with E-state index < -0.39 is 17.1 Å². The quantitative estimate of drug-likeness (QED) is 0.549. The van der Waals surface area contributed by atoms with Gasteiger partial charge in [-0.3, -0.25) is 19.3 Å². The molecule has 156 valence electrons. The van der Waals surface area contributed by atoms with Gasteiger partial charge < -0.3 is 10.1 Å². The van der Waals surface area contributed by atoms with Crippen LogP contribution >= 0.6 is 27.7 Å². The van der Waals surface area contributed by atoms with Gasteiger partial charge in [0, 0.05) is 15.7 Å². The Morgan fingerprint density at radius 2 is 1.90 bits per heavy atom. The number of benzene rings is 2. The van der Waals surface area contributed by atoms with Crippen molar-refractivity contribution in [1.82, 2.24) is 4.90 Å². The number of carbonyl (C=O) groups excluding carboxylic acids is 3. The number of carbonyl (C=O) groups is 3. The molecule has 0 spiro atoms. The maximum Gasteiger partial charge on any atom is 0.294 e. The first-order valence-corrected chi connectivity index (χ1v) is 11.1. The van der Waals surface area contributed by atoms with Crippen LogP contribution in [-0.4, -0.2) is 35.1 Å². The number of aryl methyl sites for hydroxylation is 1. The average Bonchev–Trinajstić information content (AvgIpc) is 2.98.